The molecule has 6 rings (SSSR count). The molecule has 0 aliphatic heterocycles. The van der Waals surface area contributed by atoms with E-state index in [1.54, 1.807) is 55.1 Å². The minimum Gasteiger partial charge on any atom is -0.339 e. The maximum Gasteiger partial charge on any atom is 0.343 e. The van der Waals surface area contributed by atoms with E-state index in [9.17, 15) is 13.6 Å². The molecule has 0 bridgehead atoms. The van der Waals surface area contributed by atoms with Crippen LogP contribution >= 0.6 is 0 Å². The highest BCUT2D eigenvalue weighted by molar-refractivity contribution is 5.76. The molecule has 6 aromatic rings. The van der Waals surface area contributed by atoms with Crippen molar-refractivity contribution in [2.45, 2.75) is 33.1 Å². The lowest BCUT2D eigenvalue weighted by Gasteiger charge is -2.04. The third kappa shape index (κ3) is 8.92. The maximum atomic E-state index is 13.0. The van der Waals surface area contributed by atoms with Gasteiger partial charge in [-0.15, -0.1) is 5.10 Å². The van der Waals surface area contributed by atoms with Crippen LogP contribution in [0.25, 0.3) is 22.8 Å². The summed E-state index contributed by atoms with van der Waals surface area (Å²) in [5.41, 5.74) is 3.66. The molecule has 0 aliphatic carbocycles. The Morgan fingerprint density at radius 2 is 1.31 bits per heavy atom. The first-order valence-electron chi connectivity index (χ1n) is 13.9. The molecule has 2 aromatic carbocycles. The normalized spacial score (nSPS) is 10.4. The smallest absolute Gasteiger partial charge is 0.339 e. The number of halogens is 2. The molecule has 0 atom stereocenters. The number of benzene rings is 2. The van der Waals surface area contributed by atoms with E-state index in [1.807, 2.05) is 18.2 Å². The first kappa shape index (κ1) is 32.3. The Kier molecular flexibility index (Phi) is 11.3. The molecule has 45 heavy (non-hydrogen) atoms. The molecule has 0 saturated heterocycles. The summed E-state index contributed by atoms with van der Waals surface area (Å²) in [6, 6.07) is 19.8. The van der Waals surface area contributed by atoms with Gasteiger partial charge in [0.05, 0.1) is 0 Å². The zero-order valence-corrected chi connectivity index (χ0v) is 23.9. The van der Waals surface area contributed by atoms with E-state index in [1.165, 1.54) is 36.0 Å². The van der Waals surface area contributed by atoms with Gasteiger partial charge in [0.1, 0.15) is 23.3 Å². The molecule has 4 aromatic heterocycles. The number of H-pyrrole nitrogens is 1. The largest absolute Gasteiger partial charge is 0.343 e. The first-order chi connectivity index (χ1) is 21.5. The number of aryl methyl sites for hydroxylation is 4. The molecule has 0 unspecified atom stereocenters. The van der Waals surface area contributed by atoms with Gasteiger partial charge >= 0.3 is 6.03 Å². The molecule has 0 fully saturated rings. The molecule has 0 saturated carbocycles. The van der Waals surface area contributed by atoms with E-state index in [0.29, 0.717) is 30.3 Å². The van der Waals surface area contributed by atoms with Crippen LogP contribution < -0.4 is 5.32 Å². The molecular formula is C33H33F2N9O. The Hall–Kier alpha value is -5.65. The van der Waals surface area contributed by atoms with Crippen LogP contribution in [0.1, 0.15) is 30.2 Å². The van der Waals surface area contributed by atoms with Gasteiger partial charge in [-0.3, -0.25) is 15.1 Å². The number of aromatic amines is 1. The number of rotatable bonds is 8. The monoisotopic (exact) mass is 609 g/mol. The van der Waals surface area contributed by atoms with Crippen LogP contribution in [-0.4, -0.2) is 53.0 Å². The van der Waals surface area contributed by atoms with Crippen molar-refractivity contribution in [3.8, 4) is 22.8 Å². The van der Waals surface area contributed by atoms with Crippen LogP contribution in [0.3, 0.4) is 0 Å². The third-order valence-corrected chi connectivity index (χ3v) is 6.57. The molecule has 4 heterocycles. The summed E-state index contributed by atoms with van der Waals surface area (Å²) in [5, 5.41) is 13.9. The average Bonchev–Trinajstić information content (AvgIpc) is 3.73. The summed E-state index contributed by atoms with van der Waals surface area (Å²) in [4.78, 5) is 29.0. The summed E-state index contributed by atoms with van der Waals surface area (Å²) in [5.74, 6) is 1.96. The van der Waals surface area contributed by atoms with E-state index in [0.717, 1.165) is 40.9 Å². The molecule has 0 radical (unpaired) electrons. The second kappa shape index (κ2) is 15.7. The van der Waals surface area contributed by atoms with Crippen molar-refractivity contribution in [2.24, 2.45) is 0 Å². The van der Waals surface area contributed by atoms with Crippen molar-refractivity contribution in [1.29, 1.82) is 0 Å². The van der Waals surface area contributed by atoms with Crippen LogP contribution in [0.5, 0.6) is 0 Å². The Morgan fingerprint density at radius 3 is 1.84 bits per heavy atom. The van der Waals surface area contributed by atoms with Gasteiger partial charge in [-0.1, -0.05) is 31.7 Å². The van der Waals surface area contributed by atoms with Gasteiger partial charge in [0.25, 0.3) is 0 Å². The number of amides is 1. The van der Waals surface area contributed by atoms with Crippen molar-refractivity contribution in [1.82, 2.24) is 45.2 Å². The summed E-state index contributed by atoms with van der Waals surface area (Å²) < 4.78 is 27.0. The fourth-order valence-corrected chi connectivity index (χ4v) is 4.24. The SMILES string of the molecule is C.CNC(=O)n1nc(-c2cccnc2)nc1CCc1ccc(F)cc1.Fc1ccc(CCc2nc(-c3cccnc3)n[nH]2)cc1. The second-order valence-electron chi connectivity index (χ2n) is 9.66. The van der Waals surface area contributed by atoms with E-state index in [-0.39, 0.29) is 25.1 Å². The van der Waals surface area contributed by atoms with Crippen LogP contribution in [0.4, 0.5) is 13.6 Å². The van der Waals surface area contributed by atoms with Crippen molar-refractivity contribution in [2.75, 3.05) is 7.05 Å². The highest BCUT2D eigenvalue weighted by atomic mass is 19.1. The van der Waals surface area contributed by atoms with Gasteiger partial charge < -0.3 is 5.32 Å². The Morgan fingerprint density at radius 1 is 0.756 bits per heavy atom. The Bertz CT molecular complexity index is 1770. The predicted molar refractivity (Wildman–Crippen MR) is 167 cm³/mol. The zero-order valence-electron chi connectivity index (χ0n) is 23.9. The fourth-order valence-electron chi connectivity index (χ4n) is 4.24. The van der Waals surface area contributed by atoms with Gasteiger partial charge in [0.2, 0.25) is 0 Å². The third-order valence-electron chi connectivity index (χ3n) is 6.57. The number of aromatic nitrogens is 8. The average molecular weight is 610 g/mol. The molecule has 0 spiro atoms. The molecule has 1 amide bonds. The number of pyridine rings is 2. The highest BCUT2D eigenvalue weighted by Crippen LogP contribution is 2.16. The minimum atomic E-state index is -0.355. The molecule has 10 nitrogen and oxygen atoms in total. The predicted octanol–water partition coefficient (Wildman–Crippen LogP) is 5.88. The second-order valence-corrected chi connectivity index (χ2v) is 9.66. The number of hydrogen-bond donors (Lipinski definition) is 2. The topological polar surface area (TPSA) is 127 Å². The van der Waals surface area contributed by atoms with Crippen molar-refractivity contribution >= 4 is 6.03 Å². The van der Waals surface area contributed by atoms with Gasteiger partial charge in [0.15, 0.2) is 11.6 Å². The number of hydrogen-bond acceptors (Lipinski definition) is 7. The van der Waals surface area contributed by atoms with Crippen LogP contribution in [0.2, 0.25) is 0 Å². The standard InChI is InChI=1S/C17H16FN5O.C15H13FN4.CH4/c1-19-17(24)23-15(9-6-12-4-7-14(18)8-5-12)21-16(22-23)13-3-2-10-20-11-13;16-13-6-3-11(4-7-13)5-8-14-18-15(20-19-14)12-2-1-9-17-10-12;/h2-5,7-8,10-11H,6,9H2,1H3,(H,19,24);1-4,6-7,9-10H,5,8H2,(H,18,19,20);1H4. The summed E-state index contributed by atoms with van der Waals surface area (Å²) in [6.45, 7) is 0. The van der Waals surface area contributed by atoms with Crippen molar-refractivity contribution < 1.29 is 13.6 Å². The van der Waals surface area contributed by atoms with Crippen molar-refractivity contribution in [3.05, 3.63) is 132 Å². The van der Waals surface area contributed by atoms with Crippen LogP contribution in [0.15, 0.2) is 97.6 Å². The Labute approximate surface area is 259 Å². The van der Waals surface area contributed by atoms with Crippen molar-refractivity contribution in [3.63, 3.8) is 0 Å². The minimum absolute atomic E-state index is 0. The van der Waals surface area contributed by atoms with Gasteiger partial charge in [-0.2, -0.15) is 9.78 Å². The lowest BCUT2D eigenvalue weighted by atomic mass is 10.1. The molecule has 12 heteroatoms. The summed E-state index contributed by atoms with van der Waals surface area (Å²) >= 11 is 0. The number of nitrogens with one attached hydrogen (secondary N) is 2. The highest BCUT2D eigenvalue weighted by Gasteiger charge is 2.16. The lowest BCUT2D eigenvalue weighted by molar-refractivity contribution is 0.240. The Balaban J connectivity index is 0.000000203. The first-order valence-corrected chi connectivity index (χ1v) is 13.9. The fraction of sp³-hybridized carbons (Fsp3) is 0.182. The molecule has 230 valence electrons. The summed E-state index contributed by atoms with van der Waals surface area (Å²) in [6.07, 6.45) is 9.41. The molecule has 0 aliphatic rings. The van der Waals surface area contributed by atoms with E-state index >= 15 is 0 Å². The molecular weight excluding hydrogens is 576 g/mol. The van der Waals surface area contributed by atoms with E-state index < -0.39 is 0 Å². The maximum absolute atomic E-state index is 13.0. The zero-order chi connectivity index (χ0) is 30.7. The lowest BCUT2D eigenvalue weighted by Crippen LogP contribution is -2.27. The van der Waals surface area contributed by atoms with E-state index in [2.05, 4.69) is 40.5 Å². The van der Waals surface area contributed by atoms with Gasteiger partial charge in [-0.05, 0) is 72.5 Å². The summed E-state index contributed by atoms with van der Waals surface area (Å²) in [7, 11) is 1.54. The molecule has 2 N–H and O–H groups in total. The van der Waals surface area contributed by atoms with E-state index in [4.69, 9.17) is 0 Å². The van der Waals surface area contributed by atoms with Crippen LogP contribution in [0, 0.1) is 11.6 Å². The van der Waals surface area contributed by atoms with Gasteiger partial charge in [0, 0.05) is 55.8 Å². The number of nitrogens with zero attached hydrogens (tertiary/aromatic N) is 7. The van der Waals surface area contributed by atoms with Gasteiger partial charge in [-0.25, -0.2) is 23.5 Å². The number of carbonyl (C=O) groups is 1. The number of carbonyl (C=O) groups excluding carboxylic acids is 1. The quantitative estimate of drug-likeness (QED) is 0.221. The van der Waals surface area contributed by atoms with Crippen LogP contribution in [-0.2, 0) is 25.7 Å².